The van der Waals surface area contributed by atoms with Crippen LogP contribution in [0.2, 0.25) is 0 Å². The monoisotopic (exact) mass is 429 g/mol. The van der Waals surface area contributed by atoms with Gasteiger partial charge in [-0.25, -0.2) is 17.9 Å². The van der Waals surface area contributed by atoms with Gasteiger partial charge in [-0.3, -0.25) is 0 Å². The van der Waals surface area contributed by atoms with E-state index in [0.717, 1.165) is 28.7 Å². The minimum Gasteiger partial charge on any atom is -0.338 e. The maximum absolute atomic E-state index is 12.7. The van der Waals surface area contributed by atoms with Crippen LogP contribution in [0, 0.1) is 6.92 Å². The highest BCUT2D eigenvalue weighted by molar-refractivity contribution is 7.88. The molecular formula is C23H31N3O3S. The zero-order valence-corrected chi connectivity index (χ0v) is 18.7. The van der Waals surface area contributed by atoms with Crippen molar-refractivity contribution in [2.24, 2.45) is 0 Å². The third-order valence-corrected chi connectivity index (χ3v) is 6.42. The first-order valence-corrected chi connectivity index (χ1v) is 12.3. The normalized spacial score (nSPS) is 19.5. The second-order valence-electron chi connectivity index (χ2n) is 7.89. The summed E-state index contributed by atoms with van der Waals surface area (Å²) in [4.78, 5) is 14.5. The fourth-order valence-corrected chi connectivity index (χ4v) is 5.11. The molecule has 2 aromatic rings. The molecule has 0 radical (unpaired) electrons. The summed E-state index contributed by atoms with van der Waals surface area (Å²) < 4.78 is 26.7. The highest BCUT2D eigenvalue weighted by Crippen LogP contribution is 2.29. The second kappa shape index (κ2) is 9.62. The van der Waals surface area contributed by atoms with Gasteiger partial charge >= 0.3 is 6.03 Å². The highest BCUT2D eigenvalue weighted by Gasteiger charge is 2.36. The third-order valence-electron chi connectivity index (χ3n) is 5.69. The molecule has 0 saturated carbocycles. The Bertz CT molecular complexity index is 976. The SMILES string of the molecule is CCNC(=O)N1CCC[C@@H](NS(C)(=O)=O)[C@H]1Cc1cccc(-c2ccccc2)c1C. The molecule has 1 aliphatic heterocycles. The Hall–Kier alpha value is -2.38. The van der Waals surface area contributed by atoms with E-state index in [0.29, 0.717) is 25.9 Å². The molecule has 2 amide bonds. The maximum Gasteiger partial charge on any atom is 0.317 e. The number of rotatable bonds is 6. The molecule has 1 fully saturated rings. The Labute approximate surface area is 179 Å². The lowest BCUT2D eigenvalue weighted by Gasteiger charge is -2.41. The first-order chi connectivity index (χ1) is 14.3. The van der Waals surface area contributed by atoms with Crippen LogP contribution in [0.1, 0.15) is 30.9 Å². The van der Waals surface area contributed by atoms with E-state index in [1.54, 1.807) is 4.90 Å². The number of piperidine rings is 1. The lowest BCUT2D eigenvalue weighted by Crippen LogP contribution is -2.59. The predicted octanol–water partition coefficient (Wildman–Crippen LogP) is 3.32. The maximum atomic E-state index is 12.7. The van der Waals surface area contributed by atoms with Crippen LogP contribution in [0.3, 0.4) is 0 Å². The number of urea groups is 1. The largest absolute Gasteiger partial charge is 0.338 e. The van der Waals surface area contributed by atoms with Gasteiger partial charge in [0.2, 0.25) is 10.0 Å². The van der Waals surface area contributed by atoms with Gasteiger partial charge in [0.1, 0.15) is 0 Å². The first kappa shape index (κ1) is 22.3. The van der Waals surface area contributed by atoms with Crippen LogP contribution in [-0.4, -0.2) is 50.8 Å². The van der Waals surface area contributed by atoms with Gasteiger partial charge in [-0.1, -0.05) is 48.5 Å². The molecule has 0 bridgehead atoms. The Morgan fingerprint density at radius 2 is 1.87 bits per heavy atom. The number of nitrogens with zero attached hydrogens (tertiary/aromatic N) is 1. The standard InChI is InChI=1S/C23H31N3O3S/c1-4-24-23(27)26-15-9-14-21(25-30(3,28)29)22(26)16-19-12-8-13-20(17(19)2)18-10-6-5-7-11-18/h5-8,10-13,21-22,25H,4,9,14-16H2,1-3H3,(H,24,27)/t21-,22-/m1/s1. The van der Waals surface area contributed by atoms with Crippen molar-refractivity contribution in [1.29, 1.82) is 0 Å². The van der Waals surface area contributed by atoms with Crippen molar-refractivity contribution >= 4 is 16.1 Å². The Morgan fingerprint density at radius 1 is 1.13 bits per heavy atom. The van der Waals surface area contributed by atoms with Crippen molar-refractivity contribution < 1.29 is 13.2 Å². The smallest absolute Gasteiger partial charge is 0.317 e. The summed E-state index contributed by atoms with van der Waals surface area (Å²) in [7, 11) is -3.38. The minimum atomic E-state index is -3.38. The molecule has 2 N–H and O–H groups in total. The summed E-state index contributed by atoms with van der Waals surface area (Å²) in [6.07, 6.45) is 3.25. The Morgan fingerprint density at radius 3 is 2.53 bits per heavy atom. The number of carbonyl (C=O) groups is 1. The van der Waals surface area contributed by atoms with E-state index in [-0.39, 0.29) is 18.1 Å². The lowest BCUT2D eigenvalue weighted by atomic mass is 9.88. The molecule has 6 nitrogen and oxygen atoms in total. The number of sulfonamides is 1. The van der Waals surface area contributed by atoms with Gasteiger partial charge in [0.25, 0.3) is 0 Å². The quantitative estimate of drug-likeness (QED) is 0.739. The molecule has 0 spiro atoms. The van der Waals surface area contributed by atoms with Crippen LogP contribution in [0.15, 0.2) is 48.5 Å². The van der Waals surface area contributed by atoms with E-state index in [4.69, 9.17) is 0 Å². The van der Waals surface area contributed by atoms with Crippen molar-refractivity contribution in [2.45, 2.75) is 45.2 Å². The van der Waals surface area contributed by atoms with Crippen molar-refractivity contribution in [3.8, 4) is 11.1 Å². The van der Waals surface area contributed by atoms with Gasteiger partial charge in [0, 0.05) is 19.1 Å². The van der Waals surface area contributed by atoms with Gasteiger partial charge in [-0.05, 0) is 55.4 Å². The van der Waals surface area contributed by atoms with Gasteiger partial charge < -0.3 is 10.2 Å². The molecule has 0 aromatic heterocycles. The number of carbonyl (C=O) groups excluding carboxylic acids is 1. The van der Waals surface area contributed by atoms with Crippen LogP contribution < -0.4 is 10.0 Å². The highest BCUT2D eigenvalue weighted by atomic mass is 32.2. The summed E-state index contributed by atoms with van der Waals surface area (Å²) in [5.74, 6) is 0. The molecule has 7 heteroatoms. The third kappa shape index (κ3) is 5.40. The number of benzene rings is 2. The van der Waals surface area contributed by atoms with E-state index >= 15 is 0 Å². The summed E-state index contributed by atoms with van der Waals surface area (Å²) in [6.45, 7) is 5.14. The van der Waals surface area contributed by atoms with Crippen LogP contribution in [0.5, 0.6) is 0 Å². The predicted molar refractivity (Wildman–Crippen MR) is 121 cm³/mol. The van der Waals surface area contributed by atoms with Gasteiger partial charge in [0.15, 0.2) is 0 Å². The summed E-state index contributed by atoms with van der Waals surface area (Å²) in [6, 6.07) is 15.7. The molecule has 1 heterocycles. The minimum absolute atomic E-state index is 0.139. The lowest BCUT2D eigenvalue weighted by molar-refractivity contribution is 0.134. The van der Waals surface area contributed by atoms with E-state index in [1.165, 1.54) is 6.26 Å². The van der Waals surface area contributed by atoms with E-state index in [1.807, 2.05) is 31.2 Å². The Kier molecular flexibility index (Phi) is 7.15. The molecular weight excluding hydrogens is 398 g/mol. The van der Waals surface area contributed by atoms with Gasteiger partial charge in [-0.15, -0.1) is 0 Å². The van der Waals surface area contributed by atoms with E-state index in [2.05, 4.69) is 41.2 Å². The van der Waals surface area contributed by atoms with Crippen molar-refractivity contribution in [3.05, 3.63) is 59.7 Å². The molecule has 162 valence electrons. The van der Waals surface area contributed by atoms with Crippen molar-refractivity contribution in [2.75, 3.05) is 19.3 Å². The van der Waals surface area contributed by atoms with Crippen LogP contribution in [0.25, 0.3) is 11.1 Å². The fourth-order valence-electron chi connectivity index (χ4n) is 4.29. The average molecular weight is 430 g/mol. The number of hydrogen-bond acceptors (Lipinski definition) is 3. The molecule has 0 aliphatic carbocycles. The number of nitrogens with one attached hydrogen (secondary N) is 2. The molecule has 1 saturated heterocycles. The van der Waals surface area contributed by atoms with Crippen LogP contribution in [-0.2, 0) is 16.4 Å². The zero-order chi connectivity index (χ0) is 21.7. The van der Waals surface area contributed by atoms with Crippen molar-refractivity contribution in [3.63, 3.8) is 0 Å². The molecule has 2 atom stereocenters. The van der Waals surface area contributed by atoms with Gasteiger partial charge in [-0.2, -0.15) is 0 Å². The number of hydrogen-bond donors (Lipinski definition) is 2. The molecule has 3 rings (SSSR count). The molecule has 30 heavy (non-hydrogen) atoms. The summed E-state index contributed by atoms with van der Waals surface area (Å²) >= 11 is 0. The number of amides is 2. The average Bonchev–Trinajstić information content (AvgIpc) is 2.70. The molecule has 1 aliphatic rings. The van der Waals surface area contributed by atoms with Crippen molar-refractivity contribution in [1.82, 2.24) is 14.9 Å². The van der Waals surface area contributed by atoms with Crippen LogP contribution >= 0.6 is 0 Å². The van der Waals surface area contributed by atoms with Gasteiger partial charge in [0.05, 0.1) is 12.3 Å². The topological polar surface area (TPSA) is 78.5 Å². The first-order valence-electron chi connectivity index (χ1n) is 10.5. The van der Waals surface area contributed by atoms with E-state index in [9.17, 15) is 13.2 Å². The molecule has 0 unspecified atom stereocenters. The number of likely N-dealkylation sites (tertiary alicyclic amines) is 1. The fraction of sp³-hybridized carbons (Fsp3) is 0.435. The summed E-state index contributed by atoms with van der Waals surface area (Å²) in [5.41, 5.74) is 4.58. The molecule has 2 aromatic carbocycles. The van der Waals surface area contributed by atoms with E-state index < -0.39 is 10.0 Å². The zero-order valence-electron chi connectivity index (χ0n) is 17.9. The Balaban J connectivity index is 1.95. The summed E-state index contributed by atoms with van der Waals surface area (Å²) in [5, 5.41) is 2.88. The van der Waals surface area contributed by atoms with Crippen LogP contribution in [0.4, 0.5) is 4.79 Å². The second-order valence-corrected chi connectivity index (χ2v) is 9.67.